The lowest BCUT2D eigenvalue weighted by Gasteiger charge is -2.26. The first-order valence-electron chi connectivity index (χ1n) is 11.8. The zero-order valence-electron chi connectivity index (χ0n) is 21.7. The number of halogens is 1. The Hall–Kier alpha value is -4.44. The number of nitrogens with zero attached hydrogens (tertiary/aromatic N) is 1. The summed E-state index contributed by atoms with van der Waals surface area (Å²) in [6.07, 6.45) is 1.36. The number of esters is 1. The van der Waals surface area contributed by atoms with E-state index >= 15 is 0 Å². The summed E-state index contributed by atoms with van der Waals surface area (Å²) in [4.78, 5) is 50.9. The molecule has 1 N–H and O–H groups in total. The minimum absolute atomic E-state index is 0.178. The lowest BCUT2D eigenvalue weighted by Crippen LogP contribution is -2.54. The summed E-state index contributed by atoms with van der Waals surface area (Å²) in [5.74, 6) is -1.38. The van der Waals surface area contributed by atoms with Gasteiger partial charge in [-0.05, 0) is 94.5 Å². The van der Waals surface area contributed by atoms with Gasteiger partial charge >= 0.3 is 12.0 Å². The molecular formula is C29H25BrN2O7. The van der Waals surface area contributed by atoms with Gasteiger partial charge < -0.3 is 14.2 Å². The van der Waals surface area contributed by atoms with Crippen LogP contribution >= 0.6 is 15.9 Å². The number of barbiturate groups is 1. The van der Waals surface area contributed by atoms with Crippen LogP contribution in [-0.2, 0) is 20.9 Å². The molecule has 4 amide bonds. The summed E-state index contributed by atoms with van der Waals surface area (Å²) in [7, 11) is 2.73. The van der Waals surface area contributed by atoms with Crippen LogP contribution in [0.4, 0.5) is 10.5 Å². The first kappa shape index (κ1) is 27.6. The molecule has 3 aromatic rings. The van der Waals surface area contributed by atoms with Crippen LogP contribution in [0.2, 0.25) is 0 Å². The highest BCUT2D eigenvalue weighted by Gasteiger charge is 2.37. The predicted molar refractivity (Wildman–Crippen MR) is 148 cm³/mol. The fourth-order valence-electron chi connectivity index (χ4n) is 3.94. The Morgan fingerprint density at radius 1 is 0.974 bits per heavy atom. The number of anilines is 1. The molecule has 0 bridgehead atoms. The van der Waals surface area contributed by atoms with Crippen molar-refractivity contribution in [3.63, 3.8) is 0 Å². The van der Waals surface area contributed by atoms with Gasteiger partial charge in [0.2, 0.25) is 0 Å². The molecule has 0 unspecified atom stereocenters. The van der Waals surface area contributed by atoms with E-state index in [1.807, 2.05) is 26.0 Å². The molecule has 0 atom stereocenters. The number of carbonyl (C=O) groups is 4. The molecule has 1 fully saturated rings. The Morgan fingerprint density at radius 3 is 2.33 bits per heavy atom. The maximum absolute atomic E-state index is 13.3. The van der Waals surface area contributed by atoms with Crippen molar-refractivity contribution in [2.45, 2.75) is 20.5 Å². The zero-order valence-corrected chi connectivity index (χ0v) is 23.2. The molecule has 3 aromatic carbocycles. The monoisotopic (exact) mass is 592 g/mol. The van der Waals surface area contributed by atoms with Crippen molar-refractivity contribution in [3.05, 3.63) is 92.5 Å². The first-order chi connectivity index (χ1) is 18.6. The number of imide groups is 2. The van der Waals surface area contributed by atoms with Crippen LogP contribution in [0.1, 0.15) is 32.6 Å². The Balaban J connectivity index is 1.61. The van der Waals surface area contributed by atoms with Crippen molar-refractivity contribution in [2.24, 2.45) is 0 Å². The van der Waals surface area contributed by atoms with Crippen LogP contribution in [0, 0.1) is 13.8 Å². The van der Waals surface area contributed by atoms with E-state index < -0.39 is 23.8 Å². The quantitative estimate of drug-likeness (QED) is 0.230. The van der Waals surface area contributed by atoms with Crippen LogP contribution in [-0.4, -0.2) is 38.0 Å². The highest BCUT2D eigenvalue weighted by molar-refractivity contribution is 9.10. The van der Waals surface area contributed by atoms with Gasteiger partial charge in [-0.3, -0.25) is 14.9 Å². The molecule has 10 heteroatoms. The standard InChI is InChI=1S/C29H25BrN2O7/c1-16-5-6-18(11-17(16)2)15-39-25-23(30)13-19(14-24(25)37-3)12-22-26(33)31-29(36)32(27(22)34)21-9-7-20(8-10-21)28(35)38-4/h5-14H,15H2,1-4H3,(H,31,33,36)/b22-12+. The fourth-order valence-corrected chi connectivity index (χ4v) is 4.51. The van der Waals surface area contributed by atoms with Crippen molar-refractivity contribution in [3.8, 4) is 11.5 Å². The van der Waals surface area contributed by atoms with Gasteiger partial charge in [-0.25, -0.2) is 14.5 Å². The normalized spacial score (nSPS) is 14.3. The van der Waals surface area contributed by atoms with Gasteiger partial charge in [-0.15, -0.1) is 0 Å². The summed E-state index contributed by atoms with van der Waals surface area (Å²) in [6, 6.07) is 14.1. The number of benzene rings is 3. The average Bonchev–Trinajstić information content (AvgIpc) is 2.91. The van der Waals surface area contributed by atoms with Crippen LogP contribution in [0.25, 0.3) is 6.08 Å². The van der Waals surface area contributed by atoms with E-state index in [1.165, 1.54) is 50.1 Å². The van der Waals surface area contributed by atoms with Crippen molar-refractivity contribution in [2.75, 3.05) is 19.1 Å². The topological polar surface area (TPSA) is 111 Å². The van der Waals surface area contributed by atoms with Crippen molar-refractivity contribution in [1.29, 1.82) is 0 Å². The molecule has 1 aliphatic rings. The summed E-state index contributed by atoms with van der Waals surface area (Å²) in [5.41, 5.74) is 3.97. The number of ether oxygens (including phenoxy) is 3. The van der Waals surface area contributed by atoms with Crippen LogP contribution < -0.4 is 19.7 Å². The number of urea groups is 1. The molecule has 9 nitrogen and oxygen atoms in total. The summed E-state index contributed by atoms with van der Waals surface area (Å²) in [5, 5.41) is 2.18. The number of carbonyl (C=O) groups excluding carboxylic acids is 4. The molecule has 0 spiro atoms. The van der Waals surface area contributed by atoms with E-state index in [9.17, 15) is 19.2 Å². The molecule has 4 rings (SSSR count). The van der Waals surface area contributed by atoms with E-state index in [4.69, 9.17) is 9.47 Å². The van der Waals surface area contributed by atoms with Gasteiger partial charge in [0.25, 0.3) is 11.8 Å². The third kappa shape index (κ3) is 5.85. The predicted octanol–water partition coefficient (Wildman–Crippen LogP) is 5.11. The van der Waals surface area contributed by atoms with E-state index in [0.29, 0.717) is 28.1 Å². The zero-order chi connectivity index (χ0) is 28.3. The number of hydrogen-bond acceptors (Lipinski definition) is 7. The Morgan fingerprint density at radius 2 is 1.69 bits per heavy atom. The lowest BCUT2D eigenvalue weighted by atomic mass is 10.1. The van der Waals surface area contributed by atoms with E-state index in [1.54, 1.807) is 12.1 Å². The molecule has 0 saturated carbocycles. The largest absolute Gasteiger partial charge is 0.493 e. The van der Waals surface area contributed by atoms with E-state index in [0.717, 1.165) is 16.0 Å². The molecule has 1 heterocycles. The lowest BCUT2D eigenvalue weighted by molar-refractivity contribution is -0.122. The maximum Gasteiger partial charge on any atom is 0.337 e. The number of methoxy groups -OCH3 is 2. The molecule has 0 aliphatic carbocycles. The third-order valence-electron chi connectivity index (χ3n) is 6.17. The summed E-state index contributed by atoms with van der Waals surface area (Å²) in [6.45, 7) is 4.38. The Labute approximate surface area is 233 Å². The van der Waals surface area contributed by atoms with Crippen molar-refractivity contribution < 1.29 is 33.4 Å². The number of aryl methyl sites for hydroxylation is 2. The van der Waals surface area contributed by atoms with Gasteiger partial charge in [0.15, 0.2) is 11.5 Å². The van der Waals surface area contributed by atoms with Crippen molar-refractivity contribution in [1.82, 2.24) is 5.32 Å². The minimum Gasteiger partial charge on any atom is -0.493 e. The second-order valence-electron chi connectivity index (χ2n) is 8.74. The highest BCUT2D eigenvalue weighted by atomic mass is 79.9. The van der Waals surface area contributed by atoms with Crippen LogP contribution in [0.3, 0.4) is 0 Å². The summed E-state index contributed by atoms with van der Waals surface area (Å²) >= 11 is 3.49. The minimum atomic E-state index is -0.901. The molecule has 200 valence electrons. The maximum atomic E-state index is 13.3. The van der Waals surface area contributed by atoms with E-state index in [2.05, 4.69) is 32.0 Å². The van der Waals surface area contributed by atoms with Crippen molar-refractivity contribution >= 4 is 51.5 Å². The SMILES string of the molecule is COC(=O)c1ccc(N2C(=O)NC(=O)/C(=C\c3cc(Br)c(OCc4ccc(C)c(C)c4)c(OC)c3)C2=O)cc1. The van der Waals surface area contributed by atoms with Gasteiger partial charge in [0, 0.05) is 0 Å². The molecule has 0 radical (unpaired) electrons. The number of hydrogen-bond donors (Lipinski definition) is 1. The van der Waals surface area contributed by atoms with Gasteiger partial charge in [0.1, 0.15) is 12.2 Å². The van der Waals surface area contributed by atoms with Crippen LogP contribution in [0.15, 0.2) is 64.6 Å². The van der Waals surface area contributed by atoms with Crippen LogP contribution in [0.5, 0.6) is 11.5 Å². The molecule has 0 aromatic heterocycles. The number of amides is 4. The fraction of sp³-hybridized carbons (Fsp3) is 0.172. The molecule has 1 saturated heterocycles. The third-order valence-corrected chi connectivity index (χ3v) is 6.75. The Kier molecular flexibility index (Phi) is 8.15. The van der Waals surface area contributed by atoms with Gasteiger partial charge in [-0.1, -0.05) is 18.2 Å². The summed E-state index contributed by atoms with van der Waals surface area (Å²) < 4.78 is 16.8. The molecular weight excluding hydrogens is 568 g/mol. The highest BCUT2D eigenvalue weighted by Crippen LogP contribution is 2.38. The smallest absolute Gasteiger partial charge is 0.337 e. The second kappa shape index (κ2) is 11.5. The number of nitrogens with one attached hydrogen (secondary N) is 1. The van der Waals surface area contributed by atoms with Gasteiger partial charge in [-0.2, -0.15) is 0 Å². The Bertz CT molecular complexity index is 1510. The molecule has 39 heavy (non-hydrogen) atoms. The number of rotatable bonds is 7. The average molecular weight is 593 g/mol. The second-order valence-corrected chi connectivity index (χ2v) is 9.59. The van der Waals surface area contributed by atoms with E-state index in [-0.39, 0.29) is 16.8 Å². The molecule has 1 aliphatic heterocycles. The first-order valence-corrected chi connectivity index (χ1v) is 12.6. The van der Waals surface area contributed by atoms with Gasteiger partial charge in [0.05, 0.1) is 29.9 Å².